The van der Waals surface area contributed by atoms with Gasteiger partial charge in [0.25, 0.3) is 11.8 Å². The second-order valence-electron chi connectivity index (χ2n) is 13.8. The molecule has 8 amide bonds. The van der Waals surface area contributed by atoms with E-state index in [0.29, 0.717) is 17.9 Å². The molecule has 69 heavy (non-hydrogen) atoms. The van der Waals surface area contributed by atoms with Crippen molar-refractivity contribution in [3.8, 4) is 0 Å². The molecule has 1 aliphatic rings. The van der Waals surface area contributed by atoms with E-state index in [1.165, 1.54) is 36.1 Å². The first-order chi connectivity index (χ1) is 33.0. The maximum absolute atomic E-state index is 12.2. The van der Waals surface area contributed by atoms with Gasteiger partial charge in [-0.3, -0.25) is 48.1 Å². The number of nitrogens with one attached hydrogen (secondary N) is 6. The van der Waals surface area contributed by atoms with Gasteiger partial charge in [-0.1, -0.05) is 75.7 Å². The van der Waals surface area contributed by atoms with E-state index < -0.39 is 42.2 Å². The third kappa shape index (κ3) is 50.5. The molecular weight excluding hydrogens is 897 g/mol. The van der Waals surface area contributed by atoms with Crippen molar-refractivity contribution in [2.45, 2.75) is 73.3 Å². The molecule has 0 saturated heterocycles. The summed E-state index contributed by atoms with van der Waals surface area (Å²) in [7, 11) is 6.21. The van der Waals surface area contributed by atoms with Crippen LogP contribution >= 0.6 is 0 Å². The lowest BCUT2D eigenvalue weighted by Gasteiger charge is -2.25. The smallest absolute Gasteiger partial charge is 0.317 e. The number of amides is 8. The zero-order chi connectivity index (χ0) is 54.3. The number of ether oxygens (including phenoxy) is 1. The first kappa shape index (κ1) is 73.8. The number of hydrogen-bond acceptors (Lipinski definition) is 14. The van der Waals surface area contributed by atoms with Crippen LogP contribution in [0.4, 0.5) is 5.69 Å². The van der Waals surface area contributed by atoms with Crippen molar-refractivity contribution in [1.82, 2.24) is 31.5 Å². The van der Waals surface area contributed by atoms with Crippen LogP contribution < -0.4 is 49.1 Å². The van der Waals surface area contributed by atoms with Gasteiger partial charge in [-0.05, 0) is 82.2 Å². The summed E-state index contributed by atoms with van der Waals surface area (Å²) in [5, 5.41) is 32.0. The Labute approximate surface area is 409 Å². The fourth-order valence-electron chi connectivity index (χ4n) is 4.92. The van der Waals surface area contributed by atoms with Gasteiger partial charge in [-0.15, -0.1) is 0 Å². The molecule has 1 aliphatic heterocycles. The highest BCUT2D eigenvalue weighted by molar-refractivity contribution is 6.15. The van der Waals surface area contributed by atoms with Gasteiger partial charge in [-0.25, -0.2) is 0 Å². The van der Waals surface area contributed by atoms with Crippen LogP contribution in [0.25, 0.3) is 0 Å². The Morgan fingerprint density at radius 2 is 1.23 bits per heavy atom. The molecule has 0 radical (unpaired) electrons. The number of methoxy groups -OCH3 is 1. The monoisotopic (exact) mass is 981 g/mol. The van der Waals surface area contributed by atoms with Gasteiger partial charge in [0.2, 0.25) is 37.5 Å². The zero-order valence-electron chi connectivity index (χ0n) is 42.3. The van der Waals surface area contributed by atoms with Crippen LogP contribution in [-0.2, 0) is 54.3 Å². The van der Waals surface area contributed by atoms with E-state index in [4.69, 9.17) is 24.6 Å². The van der Waals surface area contributed by atoms with Crippen LogP contribution in [0, 0.1) is 18.8 Å². The topological polar surface area (TPSA) is 357 Å². The van der Waals surface area contributed by atoms with E-state index in [0.717, 1.165) is 57.2 Å². The molecule has 22 heteroatoms. The largest absolute Gasteiger partial charge is 0.480 e. The quantitative estimate of drug-likeness (QED) is 0.0460. The number of aliphatic hydroxyl groups excluding tert-OH is 1. The van der Waals surface area contributed by atoms with Gasteiger partial charge in [0, 0.05) is 65.9 Å². The van der Waals surface area contributed by atoms with Gasteiger partial charge in [-0.2, -0.15) is 0 Å². The number of rotatable bonds is 21. The van der Waals surface area contributed by atoms with Gasteiger partial charge < -0.3 is 64.1 Å². The predicted molar refractivity (Wildman–Crippen MR) is 270 cm³/mol. The number of imide groups is 1. The molecular formula is C47H84N10O12. The lowest BCUT2D eigenvalue weighted by molar-refractivity contribution is -0.145. The van der Waals surface area contributed by atoms with Crippen LogP contribution in [0.15, 0.2) is 66.7 Å². The minimum absolute atomic E-state index is 0.243. The molecule has 0 spiro atoms. The van der Waals surface area contributed by atoms with Gasteiger partial charge in [0.05, 0.1) is 13.1 Å². The number of benzene rings is 2. The van der Waals surface area contributed by atoms with Gasteiger partial charge in [0.1, 0.15) is 6.04 Å². The Bertz CT molecular complexity index is 1570. The number of carboxylic acids is 1. The molecule has 0 aliphatic carbocycles. The SMILES string of the molecule is CCCNC=O.CCCNCCC(C)C(C)Cc1ccc(NC)cc1.CCNC(=O)CNC(=O)C(CNCC(=O)O)N1C(=O)C=CC1=O.CO.COC.Cc1ccccc1.NC=O.NC=O.NC=O. The van der Waals surface area contributed by atoms with Gasteiger partial charge >= 0.3 is 5.97 Å². The Morgan fingerprint density at radius 3 is 1.61 bits per heavy atom. The Kier molecular flexibility index (Phi) is 61.4. The number of nitrogens with zero attached hydrogens (tertiary/aromatic N) is 1. The predicted octanol–water partition coefficient (Wildman–Crippen LogP) is 0.452. The normalized spacial score (nSPS) is 11.2. The number of aryl methyl sites for hydroxylation is 1. The van der Waals surface area contributed by atoms with E-state index in [9.17, 15) is 28.8 Å². The van der Waals surface area contributed by atoms with Crippen LogP contribution in [0.5, 0.6) is 0 Å². The molecule has 0 fully saturated rings. The Hall–Kier alpha value is -6.75. The summed E-state index contributed by atoms with van der Waals surface area (Å²) >= 11 is 0. The van der Waals surface area contributed by atoms with Crippen molar-refractivity contribution < 1.29 is 58.1 Å². The number of anilines is 1. The lowest BCUT2D eigenvalue weighted by atomic mass is 9.87. The summed E-state index contributed by atoms with van der Waals surface area (Å²) in [6, 6.07) is 17.8. The van der Waals surface area contributed by atoms with Crippen LogP contribution in [0.1, 0.15) is 65.0 Å². The number of hydrogen-bond donors (Lipinski definition) is 11. The number of nitrogens with two attached hydrogens (primary N) is 3. The van der Waals surface area contributed by atoms with Crippen LogP contribution in [0.2, 0.25) is 0 Å². The fourth-order valence-corrected chi connectivity index (χ4v) is 4.92. The molecule has 0 saturated carbocycles. The first-order valence-electron chi connectivity index (χ1n) is 22.0. The van der Waals surface area contributed by atoms with Crippen LogP contribution in [-0.4, -0.2) is 151 Å². The van der Waals surface area contributed by atoms with Crippen molar-refractivity contribution in [2.75, 3.05) is 79.5 Å². The first-order valence-corrected chi connectivity index (χ1v) is 22.0. The Balaban J connectivity index is -0.000000190. The van der Waals surface area contributed by atoms with Crippen LogP contribution in [0.3, 0.4) is 0 Å². The number of primary amides is 3. The second-order valence-corrected chi connectivity index (χ2v) is 13.8. The van der Waals surface area contributed by atoms with Crippen molar-refractivity contribution in [3.05, 3.63) is 77.9 Å². The molecule has 3 unspecified atom stereocenters. The number of aliphatic carboxylic acids is 1. The average molecular weight is 981 g/mol. The molecule has 14 N–H and O–H groups in total. The lowest BCUT2D eigenvalue weighted by Crippen LogP contribution is -2.55. The summed E-state index contributed by atoms with van der Waals surface area (Å²) < 4.78 is 4.25. The summed E-state index contributed by atoms with van der Waals surface area (Å²) in [6.45, 7) is 15.3. The summed E-state index contributed by atoms with van der Waals surface area (Å²) in [5.74, 6) is -2.15. The van der Waals surface area contributed by atoms with E-state index in [1.807, 2.05) is 32.2 Å². The van der Waals surface area contributed by atoms with Crippen molar-refractivity contribution in [1.29, 1.82) is 0 Å². The molecule has 22 nitrogen and oxygen atoms in total. The maximum Gasteiger partial charge on any atom is 0.317 e. The van der Waals surface area contributed by atoms with Crippen molar-refractivity contribution >= 4 is 60.9 Å². The minimum atomic E-state index is -1.25. The molecule has 3 atom stereocenters. The number of likely N-dealkylation sites (N-methyl/N-ethyl adjacent to an activating group) is 1. The highest BCUT2D eigenvalue weighted by Gasteiger charge is 2.35. The second kappa shape index (κ2) is 57.4. The summed E-state index contributed by atoms with van der Waals surface area (Å²) in [6.07, 6.45) is 8.19. The number of carbonyl (C=O) groups is 9. The Morgan fingerprint density at radius 1 is 0.739 bits per heavy atom. The number of carboxylic acid groups (broad SMARTS) is 1. The van der Waals surface area contributed by atoms with Crippen molar-refractivity contribution in [2.24, 2.45) is 29.0 Å². The molecule has 0 aromatic heterocycles. The number of carbonyl (C=O) groups excluding carboxylic acids is 8. The maximum atomic E-state index is 12.2. The fraction of sp³-hybridized carbons (Fsp3) is 0.511. The average Bonchev–Trinajstić information content (AvgIpc) is 3.66. The third-order valence-corrected chi connectivity index (χ3v) is 8.26. The van der Waals surface area contributed by atoms with Gasteiger partial charge in [0.15, 0.2) is 0 Å². The molecule has 3 rings (SSSR count). The summed E-state index contributed by atoms with van der Waals surface area (Å²) in [5.41, 5.74) is 16.5. The van der Waals surface area contributed by atoms with E-state index in [-0.39, 0.29) is 32.3 Å². The van der Waals surface area contributed by atoms with E-state index in [1.54, 1.807) is 21.1 Å². The highest BCUT2D eigenvalue weighted by atomic mass is 16.4. The standard InChI is InChI=1S/C17H30N2.C13H18N4O6.C7H8.C4H9NO.C2H6O.3CH3NO.CH4O/c1-5-11-19-12-10-14(2)15(3)13-16-6-8-17(18-4)9-7-16;1-2-15-9(18)6-16-13(23)8(5-14-7-12(21)22)17-10(19)3-4-11(17)20;1-7-5-3-2-4-6-7;1-2-3-5-4-6;1-3-2;3*2-1-3;1-2/h6-9,14-15,18-19H,5,10-13H2,1-4H3;3-4,8,14H,2,5-7H2,1H3,(H,15,18)(H,16,23)(H,21,22);2-6H,1H3;4H,2-3H2,1H3,(H,5,6);1-2H3;3*1H,(H2,2,3);2H,1H3. The summed E-state index contributed by atoms with van der Waals surface area (Å²) in [4.78, 5) is 93.3. The molecule has 2 aromatic carbocycles. The van der Waals surface area contributed by atoms with Crippen molar-refractivity contribution in [3.63, 3.8) is 0 Å². The molecule has 394 valence electrons. The van der Waals surface area contributed by atoms with E-state index in [2.05, 4.69) is 118 Å². The number of aliphatic hydroxyl groups is 1. The zero-order valence-corrected chi connectivity index (χ0v) is 42.3. The highest BCUT2D eigenvalue weighted by Crippen LogP contribution is 2.20. The molecule has 1 heterocycles. The molecule has 2 aromatic rings. The molecule has 0 bridgehead atoms. The third-order valence-electron chi connectivity index (χ3n) is 8.26. The van der Waals surface area contributed by atoms with E-state index >= 15 is 0 Å². The minimum Gasteiger partial charge on any atom is -0.480 e.